The van der Waals surface area contributed by atoms with Crippen LogP contribution in [0.4, 0.5) is 11.5 Å². The SMILES string of the molecule is CN(CC1CCOCC1)c1nc(Cl)ncc1[N+](=O)[O-]. The summed E-state index contributed by atoms with van der Waals surface area (Å²) < 4.78 is 5.29. The van der Waals surface area contributed by atoms with Crippen LogP contribution in [-0.2, 0) is 4.74 Å². The van der Waals surface area contributed by atoms with E-state index in [2.05, 4.69) is 9.97 Å². The van der Waals surface area contributed by atoms with Gasteiger partial charge in [0.1, 0.15) is 6.20 Å². The van der Waals surface area contributed by atoms with Crippen molar-refractivity contribution in [3.63, 3.8) is 0 Å². The van der Waals surface area contributed by atoms with Crippen LogP contribution in [0, 0.1) is 16.0 Å². The summed E-state index contributed by atoms with van der Waals surface area (Å²) in [4.78, 5) is 19.9. The number of hydrogen-bond acceptors (Lipinski definition) is 6. The molecule has 0 amide bonds. The van der Waals surface area contributed by atoms with E-state index in [1.165, 1.54) is 0 Å². The van der Waals surface area contributed by atoms with Gasteiger partial charge >= 0.3 is 5.69 Å². The van der Waals surface area contributed by atoms with Gasteiger partial charge in [0.15, 0.2) is 0 Å². The van der Waals surface area contributed by atoms with Gasteiger partial charge in [-0.1, -0.05) is 0 Å². The maximum absolute atomic E-state index is 11.0. The molecule has 7 nitrogen and oxygen atoms in total. The molecule has 0 aromatic carbocycles. The number of halogens is 1. The average molecular weight is 287 g/mol. The van der Waals surface area contributed by atoms with Crippen molar-refractivity contribution in [2.75, 3.05) is 31.7 Å². The zero-order chi connectivity index (χ0) is 13.8. The summed E-state index contributed by atoms with van der Waals surface area (Å²) in [5, 5.41) is 11.0. The second kappa shape index (κ2) is 6.12. The number of nitrogens with zero attached hydrogens (tertiary/aromatic N) is 4. The molecule has 0 radical (unpaired) electrons. The van der Waals surface area contributed by atoms with Crippen LogP contribution in [0.25, 0.3) is 0 Å². The molecule has 2 heterocycles. The molecule has 8 heteroatoms. The molecule has 0 N–H and O–H groups in total. The molecule has 1 aliphatic heterocycles. The summed E-state index contributed by atoms with van der Waals surface area (Å²) in [6, 6.07) is 0. The minimum Gasteiger partial charge on any atom is -0.381 e. The van der Waals surface area contributed by atoms with E-state index < -0.39 is 4.92 Å². The van der Waals surface area contributed by atoms with E-state index >= 15 is 0 Å². The highest BCUT2D eigenvalue weighted by molar-refractivity contribution is 6.28. The first-order valence-corrected chi connectivity index (χ1v) is 6.41. The van der Waals surface area contributed by atoms with Crippen molar-refractivity contribution in [1.29, 1.82) is 0 Å². The van der Waals surface area contributed by atoms with Gasteiger partial charge < -0.3 is 9.64 Å². The highest BCUT2D eigenvalue weighted by Gasteiger charge is 2.23. The van der Waals surface area contributed by atoms with Crippen LogP contribution in [0.1, 0.15) is 12.8 Å². The third-order valence-electron chi connectivity index (χ3n) is 3.15. The van der Waals surface area contributed by atoms with Crippen LogP contribution in [0.3, 0.4) is 0 Å². The lowest BCUT2D eigenvalue weighted by Crippen LogP contribution is -2.30. The van der Waals surface area contributed by atoms with Crippen molar-refractivity contribution in [3.8, 4) is 0 Å². The van der Waals surface area contributed by atoms with Crippen molar-refractivity contribution in [2.24, 2.45) is 5.92 Å². The van der Waals surface area contributed by atoms with Gasteiger partial charge in [0.25, 0.3) is 0 Å². The van der Waals surface area contributed by atoms with Crippen molar-refractivity contribution < 1.29 is 9.66 Å². The van der Waals surface area contributed by atoms with Gasteiger partial charge in [-0.25, -0.2) is 4.98 Å². The molecule has 19 heavy (non-hydrogen) atoms. The molecule has 2 rings (SSSR count). The predicted molar refractivity (Wildman–Crippen MR) is 70.5 cm³/mol. The number of hydrogen-bond donors (Lipinski definition) is 0. The molecule has 0 saturated carbocycles. The van der Waals surface area contributed by atoms with Crippen LogP contribution in [-0.4, -0.2) is 41.7 Å². The molecule has 1 saturated heterocycles. The minimum atomic E-state index is -0.494. The van der Waals surface area contributed by atoms with Crippen molar-refractivity contribution >= 4 is 23.1 Å². The Morgan fingerprint density at radius 3 is 2.89 bits per heavy atom. The van der Waals surface area contributed by atoms with E-state index in [0.717, 1.165) is 32.3 Å². The summed E-state index contributed by atoms with van der Waals surface area (Å²) >= 11 is 5.72. The fourth-order valence-corrected chi connectivity index (χ4v) is 2.29. The maximum Gasteiger partial charge on any atom is 0.329 e. The van der Waals surface area contributed by atoms with Crippen molar-refractivity contribution in [3.05, 3.63) is 21.6 Å². The molecule has 104 valence electrons. The summed E-state index contributed by atoms with van der Waals surface area (Å²) in [6.45, 7) is 2.17. The lowest BCUT2D eigenvalue weighted by molar-refractivity contribution is -0.384. The zero-order valence-electron chi connectivity index (χ0n) is 10.6. The molecule has 1 aromatic heterocycles. The molecule has 1 aliphatic rings. The summed E-state index contributed by atoms with van der Waals surface area (Å²) in [6.07, 6.45) is 3.05. The Labute approximate surface area is 115 Å². The molecule has 0 spiro atoms. The van der Waals surface area contributed by atoms with Crippen LogP contribution >= 0.6 is 11.6 Å². The Balaban J connectivity index is 2.14. The van der Waals surface area contributed by atoms with Crippen LogP contribution < -0.4 is 4.90 Å². The van der Waals surface area contributed by atoms with E-state index in [-0.39, 0.29) is 16.8 Å². The largest absolute Gasteiger partial charge is 0.381 e. The van der Waals surface area contributed by atoms with Gasteiger partial charge in [0.2, 0.25) is 11.1 Å². The lowest BCUT2D eigenvalue weighted by atomic mass is 10.00. The van der Waals surface area contributed by atoms with E-state index in [0.29, 0.717) is 12.5 Å². The van der Waals surface area contributed by atoms with Gasteiger partial charge in [-0.2, -0.15) is 4.98 Å². The molecule has 0 bridgehead atoms. The summed E-state index contributed by atoms with van der Waals surface area (Å²) in [5.74, 6) is 0.712. The second-order valence-electron chi connectivity index (χ2n) is 4.54. The van der Waals surface area contributed by atoms with E-state index in [1.807, 2.05) is 0 Å². The minimum absolute atomic E-state index is 0.0134. The summed E-state index contributed by atoms with van der Waals surface area (Å²) in [7, 11) is 1.78. The van der Waals surface area contributed by atoms with Gasteiger partial charge in [0, 0.05) is 26.8 Å². The molecule has 0 aliphatic carbocycles. The Hall–Kier alpha value is -1.47. The molecular formula is C11H15ClN4O3. The quantitative estimate of drug-likeness (QED) is 0.478. The Morgan fingerprint density at radius 2 is 2.26 bits per heavy atom. The highest BCUT2D eigenvalue weighted by atomic mass is 35.5. The maximum atomic E-state index is 11.0. The van der Waals surface area contributed by atoms with Crippen LogP contribution in [0.5, 0.6) is 0 Å². The third-order valence-corrected chi connectivity index (χ3v) is 3.33. The van der Waals surface area contributed by atoms with E-state index in [4.69, 9.17) is 16.3 Å². The Kier molecular flexibility index (Phi) is 4.49. The standard InChI is InChI=1S/C11H15ClN4O3/c1-15(7-8-2-4-19-5-3-8)10-9(16(17)18)6-13-11(12)14-10/h6,8H,2-5,7H2,1H3. The Morgan fingerprint density at radius 1 is 1.58 bits per heavy atom. The van der Waals surface area contributed by atoms with E-state index in [9.17, 15) is 10.1 Å². The van der Waals surface area contributed by atoms with Gasteiger partial charge in [-0.3, -0.25) is 10.1 Å². The predicted octanol–water partition coefficient (Wildman–Crippen LogP) is 1.90. The Bertz CT molecular complexity index is 465. The molecule has 1 fully saturated rings. The lowest BCUT2D eigenvalue weighted by Gasteiger charge is -2.27. The molecule has 0 atom stereocenters. The highest BCUT2D eigenvalue weighted by Crippen LogP contribution is 2.27. The van der Waals surface area contributed by atoms with Crippen LogP contribution in [0.2, 0.25) is 5.28 Å². The van der Waals surface area contributed by atoms with Crippen LogP contribution in [0.15, 0.2) is 6.20 Å². The van der Waals surface area contributed by atoms with Gasteiger partial charge in [-0.05, 0) is 30.4 Å². The molecular weight excluding hydrogens is 272 g/mol. The third kappa shape index (κ3) is 3.51. The van der Waals surface area contributed by atoms with Crippen molar-refractivity contribution in [2.45, 2.75) is 12.8 Å². The molecule has 0 unspecified atom stereocenters. The normalized spacial score (nSPS) is 16.3. The number of anilines is 1. The van der Waals surface area contributed by atoms with Gasteiger partial charge in [0.05, 0.1) is 4.92 Å². The summed E-state index contributed by atoms with van der Waals surface area (Å²) in [5.41, 5.74) is -0.126. The first-order valence-electron chi connectivity index (χ1n) is 6.03. The first kappa shape index (κ1) is 14.0. The van der Waals surface area contributed by atoms with E-state index in [1.54, 1.807) is 11.9 Å². The second-order valence-corrected chi connectivity index (χ2v) is 4.88. The topological polar surface area (TPSA) is 81.4 Å². The average Bonchev–Trinajstić information content (AvgIpc) is 2.39. The zero-order valence-corrected chi connectivity index (χ0v) is 11.3. The monoisotopic (exact) mass is 286 g/mol. The number of rotatable bonds is 4. The number of nitro groups is 1. The smallest absolute Gasteiger partial charge is 0.329 e. The fourth-order valence-electron chi connectivity index (χ4n) is 2.16. The van der Waals surface area contributed by atoms with Crippen molar-refractivity contribution in [1.82, 2.24) is 9.97 Å². The first-order chi connectivity index (χ1) is 9.08. The number of ether oxygens (including phenoxy) is 1. The fraction of sp³-hybridized carbons (Fsp3) is 0.636. The number of aromatic nitrogens is 2. The molecule has 1 aromatic rings. The van der Waals surface area contributed by atoms with Gasteiger partial charge in [-0.15, -0.1) is 0 Å².